The van der Waals surface area contributed by atoms with Crippen LogP contribution in [0.3, 0.4) is 0 Å². The number of hydrogen-bond acceptors (Lipinski definition) is 7. The van der Waals surface area contributed by atoms with Crippen LogP contribution in [0.4, 0.5) is 5.82 Å². The topological polar surface area (TPSA) is 119 Å². The summed E-state index contributed by atoms with van der Waals surface area (Å²) >= 11 is 0. The molecule has 0 spiro atoms. The van der Waals surface area contributed by atoms with Gasteiger partial charge in [0.15, 0.2) is 5.82 Å². The number of aryl methyl sites for hydroxylation is 1. The van der Waals surface area contributed by atoms with Gasteiger partial charge in [-0.1, -0.05) is 22.4 Å². The number of anilines is 1. The van der Waals surface area contributed by atoms with Crippen LogP contribution in [0.25, 0.3) is 0 Å². The summed E-state index contributed by atoms with van der Waals surface area (Å²) in [5.41, 5.74) is 0.190. The van der Waals surface area contributed by atoms with E-state index in [2.05, 4.69) is 15.3 Å². The van der Waals surface area contributed by atoms with E-state index < -0.39 is 23.7 Å². The number of imide groups is 1. The number of carbonyl (C=O) groups excluding carboxylic acids is 4. The van der Waals surface area contributed by atoms with E-state index in [-0.39, 0.29) is 22.0 Å². The molecule has 3 rings (SSSR count). The molecule has 9 heteroatoms. The Hall–Kier alpha value is -3.49. The fourth-order valence-electron chi connectivity index (χ4n) is 1.97. The molecule has 9 nitrogen and oxygen atoms in total. The highest BCUT2D eigenvalue weighted by Crippen LogP contribution is 2.22. The first kappa shape index (κ1) is 14.4. The molecule has 2 aromatic rings. The molecule has 0 radical (unpaired) electrons. The van der Waals surface area contributed by atoms with E-state index in [0.29, 0.717) is 5.76 Å². The van der Waals surface area contributed by atoms with Crippen LogP contribution in [0.2, 0.25) is 0 Å². The molecule has 23 heavy (non-hydrogen) atoms. The van der Waals surface area contributed by atoms with E-state index in [1.807, 2.05) is 0 Å². The van der Waals surface area contributed by atoms with Crippen LogP contribution in [0.15, 0.2) is 34.9 Å². The zero-order valence-corrected chi connectivity index (χ0v) is 11.7. The Kier molecular flexibility index (Phi) is 3.37. The van der Waals surface area contributed by atoms with Gasteiger partial charge in [0.1, 0.15) is 5.76 Å². The number of fused-ring (bicyclic) bond motifs is 1. The molecule has 0 saturated heterocycles. The number of amides is 3. The maximum absolute atomic E-state index is 12.0. The van der Waals surface area contributed by atoms with Crippen LogP contribution in [0.5, 0.6) is 0 Å². The van der Waals surface area contributed by atoms with Crippen LogP contribution < -0.4 is 5.32 Å². The minimum atomic E-state index is -1.43. The number of nitrogens with one attached hydrogen (secondary N) is 1. The predicted octanol–water partition coefficient (Wildman–Crippen LogP) is 0.676. The largest absolute Gasteiger partial charge is 0.421 e. The van der Waals surface area contributed by atoms with Gasteiger partial charge in [-0.2, -0.15) is 0 Å². The van der Waals surface area contributed by atoms with E-state index in [0.717, 1.165) is 0 Å². The van der Waals surface area contributed by atoms with Crippen molar-refractivity contribution in [3.8, 4) is 0 Å². The standard InChI is InChI=1S/C14H9N3O6/c1-7-6-10(16-22-7)15-11(18)14(21)23-17-12(19)8-4-2-3-5-9(8)13(17)20/h2-6H,1H3,(H,15,16,18). The number of benzene rings is 1. The lowest BCUT2D eigenvalue weighted by molar-refractivity contribution is -0.172. The Balaban J connectivity index is 1.70. The Morgan fingerprint density at radius 1 is 1.17 bits per heavy atom. The molecule has 1 aliphatic rings. The average molecular weight is 315 g/mol. The summed E-state index contributed by atoms with van der Waals surface area (Å²) in [6, 6.07) is 7.35. The van der Waals surface area contributed by atoms with Crippen LogP contribution in [0.1, 0.15) is 26.5 Å². The molecule has 2 heterocycles. The molecular weight excluding hydrogens is 306 g/mol. The second-order valence-corrected chi connectivity index (χ2v) is 4.61. The Morgan fingerprint density at radius 3 is 2.30 bits per heavy atom. The van der Waals surface area contributed by atoms with Crippen molar-refractivity contribution in [2.24, 2.45) is 0 Å². The van der Waals surface area contributed by atoms with Crippen molar-refractivity contribution >= 4 is 29.5 Å². The van der Waals surface area contributed by atoms with Gasteiger partial charge < -0.3 is 9.36 Å². The fourth-order valence-corrected chi connectivity index (χ4v) is 1.97. The fraction of sp³-hybridized carbons (Fsp3) is 0.0714. The molecule has 1 N–H and O–H groups in total. The normalized spacial score (nSPS) is 13.0. The lowest BCUT2D eigenvalue weighted by atomic mass is 10.1. The summed E-state index contributed by atoms with van der Waals surface area (Å²) in [4.78, 5) is 52.0. The minimum absolute atomic E-state index is 0.00631. The van der Waals surface area contributed by atoms with Crippen LogP contribution in [0, 0.1) is 6.92 Å². The van der Waals surface area contributed by atoms with Gasteiger partial charge in [0.05, 0.1) is 11.1 Å². The summed E-state index contributed by atoms with van der Waals surface area (Å²) < 4.78 is 4.72. The van der Waals surface area contributed by atoms with E-state index >= 15 is 0 Å². The van der Waals surface area contributed by atoms with E-state index in [9.17, 15) is 19.2 Å². The molecule has 0 fully saturated rings. The summed E-state index contributed by atoms with van der Waals surface area (Å²) in [5, 5.41) is 5.84. The number of carbonyl (C=O) groups is 4. The summed E-state index contributed by atoms with van der Waals surface area (Å²) in [7, 11) is 0. The first-order valence-electron chi connectivity index (χ1n) is 6.42. The lowest BCUT2D eigenvalue weighted by Crippen LogP contribution is -2.37. The Labute approximate surface area is 128 Å². The maximum atomic E-state index is 12.0. The third-order valence-electron chi connectivity index (χ3n) is 2.99. The van der Waals surface area contributed by atoms with Crippen molar-refractivity contribution < 1.29 is 28.5 Å². The molecule has 0 unspecified atom stereocenters. The highest BCUT2D eigenvalue weighted by Gasteiger charge is 2.39. The smallest absolute Gasteiger partial charge is 0.360 e. The van der Waals surface area contributed by atoms with Gasteiger partial charge in [-0.15, -0.1) is 0 Å². The number of aromatic nitrogens is 1. The van der Waals surface area contributed by atoms with Crippen molar-refractivity contribution in [2.75, 3.05) is 5.32 Å². The lowest BCUT2D eigenvalue weighted by Gasteiger charge is -2.11. The molecule has 116 valence electrons. The van der Waals surface area contributed by atoms with Gasteiger partial charge in [-0.05, 0) is 19.1 Å². The zero-order chi connectivity index (χ0) is 16.6. The van der Waals surface area contributed by atoms with Crippen molar-refractivity contribution in [1.82, 2.24) is 10.2 Å². The van der Waals surface area contributed by atoms with E-state index in [1.54, 1.807) is 19.1 Å². The third-order valence-corrected chi connectivity index (χ3v) is 2.99. The minimum Gasteiger partial charge on any atom is -0.360 e. The molecule has 1 aliphatic heterocycles. The third kappa shape index (κ3) is 2.55. The SMILES string of the molecule is Cc1cc(NC(=O)C(=O)ON2C(=O)c3ccccc3C2=O)no1. The van der Waals surface area contributed by atoms with E-state index in [4.69, 9.17) is 4.52 Å². The van der Waals surface area contributed by atoms with Crippen molar-refractivity contribution in [3.63, 3.8) is 0 Å². The highest BCUT2D eigenvalue weighted by atomic mass is 16.7. The molecule has 0 aliphatic carbocycles. The monoisotopic (exact) mass is 315 g/mol. The molecule has 0 atom stereocenters. The van der Waals surface area contributed by atoms with Crippen molar-refractivity contribution in [3.05, 3.63) is 47.2 Å². The second kappa shape index (κ2) is 5.37. The van der Waals surface area contributed by atoms with Crippen LogP contribution in [-0.2, 0) is 14.4 Å². The molecule has 1 aromatic carbocycles. The first-order valence-corrected chi connectivity index (χ1v) is 6.42. The van der Waals surface area contributed by atoms with Crippen LogP contribution in [-0.4, -0.2) is 33.9 Å². The number of nitrogens with zero attached hydrogens (tertiary/aromatic N) is 2. The molecular formula is C14H9N3O6. The first-order chi connectivity index (χ1) is 11.0. The van der Waals surface area contributed by atoms with Crippen LogP contribution >= 0.6 is 0 Å². The summed E-state index contributed by atoms with van der Waals surface area (Å²) in [6.45, 7) is 1.60. The number of hydroxylamine groups is 2. The molecule has 3 amide bonds. The zero-order valence-electron chi connectivity index (χ0n) is 11.7. The predicted molar refractivity (Wildman–Crippen MR) is 72.9 cm³/mol. The summed E-state index contributed by atoms with van der Waals surface area (Å²) in [5.74, 6) is -3.83. The van der Waals surface area contributed by atoms with Crippen molar-refractivity contribution in [2.45, 2.75) is 6.92 Å². The van der Waals surface area contributed by atoms with Gasteiger partial charge >= 0.3 is 11.9 Å². The Bertz CT molecular complexity index is 806. The van der Waals surface area contributed by atoms with Crippen molar-refractivity contribution in [1.29, 1.82) is 0 Å². The van der Waals surface area contributed by atoms with Gasteiger partial charge in [0.25, 0.3) is 11.8 Å². The summed E-state index contributed by atoms with van der Waals surface area (Å²) in [6.07, 6.45) is 0. The number of hydrogen-bond donors (Lipinski definition) is 1. The molecule has 0 saturated carbocycles. The van der Waals surface area contributed by atoms with Gasteiger partial charge in [-0.3, -0.25) is 19.7 Å². The molecule has 1 aromatic heterocycles. The molecule has 0 bridgehead atoms. The van der Waals surface area contributed by atoms with Gasteiger partial charge in [0.2, 0.25) is 0 Å². The number of rotatable bonds is 2. The average Bonchev–Trinajstić information content (AvgIpc) is 3.04. The maximum Gasteiger partial charge on any atom is 0.421 e. The Morgan fingerprint density at radius 2 is 1.78 bits per heavy atom. The van der Waals surface area contributed by atoms with Gasteiger partial charge in [0, 0.05) is 6.07 Å². The quantitative estimate of drug-likeness (QED) is 0.639. The highest BCUT2D eigenvalue weighted by molar-refractivity contribution is 6.37. The van der Waals surface area contributed by atoms with E-state index in [1.165, 1.54) is 18.2 Å². The van der Waals surface area contributed by atoms with Gasteiger partial charge in [-0.25, -0.2) is 4.79 Å². The second-order valence-electron chi connectivity index (χ2n) is 4.61.